The van der Waals surface area contributed by atoms with Gasteiger partial charge in [-0.05, 0) is 49.6 Å². The SMILES string of the molecule is Cc1cnc(N2CCN(C(=O)c3ccc([C@]4(C)C(=O)NC(=O)N4CCO)cc3)CC2)c(C)c1. The fourth-order valence-corrected chi connectivity index (χ4v) is 4.60. The van der Waals surface area contributed by atoms with Crippen molar-refractivity contribution in [2.45, 2.75) is 26.3 Å². The molecule has 4 amide bonds. The normalized spacial score (nSPS) is 20.9. The summed E-state index contributed by atoms with van der Waals surface area (Å²) in [5, 5.41) is 11.6. The Labute approximate surface area is 193 Å². The minimum absolute atomic E-state index is 0.0361. The number of piperazine rings is 1. The van der Waals surface area contributed by atoms with Crippen molar-refractivity contribution in [1.29, 1.82) is 0 Å². The quantitative estimate of drug-likeness (QED) is 0.666. The first-order chi connectivity index (χ1) is 15.8. The topological polar surface area (TPSA) is 106 Å². The zero-order valence-corrected chi connectivity index (χ0v) is 19.2. The van der Waals surface area contributed by atoms with Crippen molar-refractivity contribution >= 4 is 23.7 Å². The van der Waals surface area contributed by atoms with E-state index in [4.69, 9.17) is 0 Å². The fraction of sp³-hybridized carbons (Fsp3) is 0.417. The van der Waals surface area contributed by atoms with Crippen molar-refractivity contribution in [3.63, 3.8) is 0 Å². The van der Waals surface area contributed by atoms with Crippen LogP contribution in [-0.4, -0.2) is 77.1 Å². The van der Waals surface area contributed by atoms with Crippen LogP contribution in [-0.2, 0) is 10.3 Å². The average molecular weight is 452 g/mol. The third kappa shape index (κ3) is 4.04. The van der Waals surface area contributed by atoms with Crippen molar-refractivity contribution in [1.82, 2.24) is 20.1 Å². The Bertz CT molecular complexity index is 1080. The van der Waals surface area contributed by atoms with Crippen molar-refractivity contribution in [2.75, 3.05) is 44.2 Å². The molecule has 2 aliphatic heterocycles. The number of anilines is 1. The number of benzene rings is 1. The number of imide groups is 1. The van der Waals surface area contributed by atoms with Gasteiger partial charge in [-0.1, -0.05) is 18.2 Å². The van der Waals surface area contributed by atoms with Gasteiger partial charge in [0, 0.05) is 44.5 Å². The highest BCUT2D eigenvalue weighted by molar-refractivity contribution is 6.07. The molecule has 2 saturated heterocycles. The molecule has 1 aromatic heterocycles. The Morgan fingerprint density at radius 3 is 2.39 bits per heavy atom. The number of nitrogens with zero attached hydrogens (tertiary/aromatic N) is 4. The van der Waals surface area contributed by atoms with Crippen LogP contribution in [0.2, 0.25) is 0 Å². The number of rotatable bonds is 5. The van der Waals surface area contributed by atoms with E-state index in [9.17, 15) is 19.5 Å². The molecule has 174 valence electrons. The lowest BCUT2D eigenvalue weighted by atomic mass is 9.89. The number of carbonyl (C=O) groups is 3. The second kappa shape index (κ2) is 8.82. The third-order valence-electron chi connectivity index (χ3n) is 6.52. The second-order valence-electron chi connectivity index (χ2n) is 8.72. The highest BCUT2D eigenvalue weighted by Crippen LogP contribution is 2.33. The highest BCUT2D eigenvalue weighted by Gasteiger charge is 2.50. The second-order valence-corrected chi connectivity index (χ2v) is 8.72. The minimum Gasteiger partial charge on any atom is -0.395 e. The Kier molecular flexibility index (Phi) is 6.07. The monoisotopic (exact) mass is 451 g/mol. The van der Waals surface area contributed by atoms with Gasteiger partial charge in [0.25, 0.3) is 11.8 Å². The summed E-state index contributed by atoms with van der Waals surface area (Å²) in [6.07, 6.45) is 1.86. The van der Waals surface area contributed by atoms with Gasteiger partial charge < -0.3 is 19.8 Å². The minimum atomic E-state index is -1.23. The van der Waals surface area contributed by atoms with Gasteiger partial charge in [0.1, 0.15) is 11.4 Å². The zero-order chi connectivity index (χ0) is 23.8. The fourth-order valence-electron chi connectivity index (χ4n) is 4.60. The largest absolute Gasteiger partial charge is 0.395 e. The van der Waals surface area contributed by atoms with E-state index in [1.54, 1.807) is 31.2 Å². The van der Waals surface area contributed by atoms with E-state index in [2.05, 4.69) is 28.2 Å². The summed E-state index contributed by atoms with van der Waals surface area (Å²) in [5.41, 5.74) is 2.14. The molecule has 9 heteroatoms. The van der Waals surface area contributed by atoms with E-state index in [1.165, 1.54) is 4.90 Å². The van der Waals surface area contributed by atoms with Crippen molar-refractivity contribution in [3.8, 4) is 0 Å². The van der Waals surface area contributed by atoms with Gasteiger partial charge in [-0.15, -0.1) is 0 Å². The van der Waals surface area contributed by atoms with E-state index in [1.807, 2.05) is 18.0 Å². The maximum Gasteiger partial charge on any atom is 0.325 e. The Hall–Kier alpha value is -3.46. The van der Waals surface area contributed by atoms with E-state index in [0.29, 0.717) is 37.3 Å². The standard InChI is InChI=1S/C24H29N5O4/c1-16-14-17(2)20(25-15-16)27-8-10-28(11-9-27)21(31)18-4-6-19(7-5-18)24(3)22(32)26-23(33)29(24)12-13-30/h4-7,14-15,30H,8-13H2,1-3H3,(H,26,32,33)/t24-/m1/s1. The van der Waals surface area contributed by atoms with Gasteiger partial charge in [0.2, 0.25) is 0 Å². The number of aryl methyl sites for hydroxylation is 2. The first-order valence-electron chi connectivity index (χ1n) is 11.1. The molecule has 0 radical (unpaired) electrons. The molecule has 2 N–H and O–H groups in total. The molecule has 2 aromatic rings. The number of nitrogens with one attached hydrogen (secondary N) is 1. The smallest absolute Gasteiger partial charge is 0.325 e. The summed E-state index contributed by atoms with van der Waals surface area (Å²) in [5.74, 6) is 0.442. The molecule has 9 nitrogen and oxygen atoms in total. The van der Waals surface area contributed by atoms with Crippen molar-refractivity contribution in [2.24, 2.45) is 0 Å². The van der Waals surface area contributed by atoms with Crippen LogP contribution in [0.4, 0.5) is 10.6 Å². The summed E-state index contributed by atoms with van der Waals surface area (Å²) < 4.78 is 0. The lowest BCUT2D eigenvalue weighted by Gasteiger charge is -2.36. The zero-order valence-electron chi connectivity index (χ0n) is 19.2. The number of β-amino-alcohol motifs (C(OH)–C–C–N with tert-alkyl or cyclic N) is 1. The molecule has 2 fully saturated rings. The van der Waals surface area contributed by atoms with Gasteiger partial charge in [-0.3, -0.25) is 14.9 Å². The van der Waals surface area contributed by atoms with E-state index < -0.39 is 17.5 Å². The molecule has 0 spiro atoms. The lowest BCUT2D eigenvalue weighted by molar-refractivity contribution is -0.126. The molecule has 1 atom stereocenters. The summed E-state index contributed by atoms with van der Waals surface area (Å²) in [4.78, 5) is 47.6. The number of carbonyl (C=O) groups excluding carboxylic acids is 3. The van der Waals surface area contributed by atoms with E-state index in [-0.39, 0.29) is 19.1 Å². The lowest BCUT2D eigenvalue weighted by Crippen LogP contribution is -2.49. The first-order valence-corrected chi connectivity index (χ1v) is 11.1. The molecule has 4 rings (SSSR count). The molecular formula is C24H29N5O4. The highest BCUT2D eigenvalue weighted by atomic mass is 16.3. The molecule has 33 heavy (non-hydrogen) atoms. The van der Waals surface area contributed by atoms with Gasteiger partial charge in [0.15, 0.2) is 0 Å². The van der Waals surface area contributed by atoms with Crippen molar-refractivity contribution in [3.05, 3.63) is 58.8 Å². The Morgan fingerprint density at radius 1 is 1.12 bits per heavy atom. The third-order valence-corrected chi connectivity index (χ3v) is 6.52. The molecule has 0 aliphatic carbocycles. The van der Waals surface area contributed by atoms with Crippen LogP contribution in [0.25, 0.3) is 0 Å². The number of aromatic nitrogens is 1. The summed E-state index contributed by atoms with van der Waals surface area (Å²) in [6, 6.07) is 8.36. The molecule has 0 saturated carbocycles. The van der Waals surface area contributed by atoms with Crippen LogP contribution in [0.15, 0.2) is 36.5 Å². The first kappa shape index (κ1) is 22.7. The predicted octanol–water partition coefficient (Wildman–Crippen LogP) is 1.42. The van der Waals surface area contributed by atoms with Gasteiger partial charge >= 0.3 is 6.03 Å². The number of urea groups is 1. The van der Waals surface area contributed by atoms with Gasteiger partial charge in [0.05, 0.1) is 6.61 Å². The van der Waals surface area contributed by atoms with Crippen LogP contribution in [0.5, 0.6) is 0 Å². The number of hydrogen-bond acceptors (Lipinski definition) is 6. The maximum absolute atomic E-state index is 13.1. The summed E-state index contributed by atoms with van der Waals surface area (Å²) >= 11 is 0. The van der Waals surface area contributed by atoms with Crippen LogP contribution in [0.1, 0.15) is 34.0 Å². The predicted molar refractivity (Wildman–Crippen MR) is 123 cm³/mol. The number of pyridine rings is 1. The molecule has 3 heterocycles. The van der Waals surface area contributed by atoms with Crippen LogP contribution in [0, 0.1) is 13.8 Å². The van der Waals surface area contributed by atoms with E-state index >= 15 is 0 Å². The number of aliphatic hydroxyl groups is 1. The van der Waals surface area contributed by atoms with Gasteiger partial charge in [-0.2, -0.15) is 0 Å². The van der Waals surface area contributed by atoms with E-state index in [0.717, 1.165) is 16.9 Å². The van der Waals surface area contributed by atoms with Crippen LogP contribution < -0.4 is 10.2 Å². The van der Waals surface area contributed by atoms with Crippen molar-refractivity contribution < 1.29 is 19.5 Å². The number of aliphatic hydroxyl groups excluding tert-OH is 1. The molecule has 1 aromatic carbocycles. The maximum atomic E-state index is 13.1. The number of hydrogen-bond donors (Lipinski definition) is 2. The summed E-state index contributed by atoms with van der Waals surface area (Å²) in [6.45, 7) is 8.09. The van der Waals surface area contributed by atoms with Gasteiger partial charge in [-0.25, -0.2) is 9.78 Å². The average Bonchev–Trinajstić information content (AvgIpc) is 3.03. The van der Waals surface area contributed by atoms with Crippen LogP contribution >= 0.6 is 0 Å². The Balaban J connectivity index is 1.45. The molecular weight excluding hydrogens is 422 g/mol. The molecule has 0 bridgehead atoms. The number of amides is 4. The molecule has 0 unspecified atom stereocenters. The Morgan fingerprint density at radius 2 is 1.79 bits per heavy atom. The molecule has 2 aliphatic rings. The van der Waals surface area contributed by atoms with Crippen LogP contribution in [0.3, 0.4) is 0 Å². The summed E-state index contributed by atoms with van der Waals surface area (Å²) in [7, 11) is 0.